The molecule has 0 aliphatic carbocycles. The molecule has 0 fully saturated rings. The minimum Gasteiger partial charge on any atom is -0.748 e. The van der Waals surface area contributed by atoms with Gasteiger partial charge in [0, 0.05) is 17.1 Å². The summed E-state index contributed by atoms with van der Waals surface area (Å²) in [6.45, 7) is 0. The second-order valence-electron chi connectivity index (χ2n) is 4.66. The van der Waals surface area contributed by atoms with Crippen molar-refractivity contribution in [2.75, 3.05) is 0 Å². The maximum Gasteiger partial charge on any atom is 0 e. The first kappa shape index (κ1) is 15.3. The summed E-state index contributed by atoms with van der Waals surface area (Å²) in [6, 6.07) is 33.4. The molecule has 0 aromatic heterocycles. The molecule has 0 bridgehead atoms. The van der Waals surface area contributed by atoms with Gasteiger partial charge in [0.25, 0.3) is 0 Å². The van der Waals surface area contributed by atoms with Crippen molar-refractivity contribution in [3.05, 3.63) is 97.1 Å². The number of hydrogen-bond acceptors (Lipinski definition) is 0. The van der Waals surface area contributed by atoms with E-state index in [0.29, 0.717) is 0 Å². The predicted molar refractivity (Wildman–Crippen MR) is 87.0 cm³/mol. The molecule has 0 spiro atoms. The minimum atomic E-state index is 0. The van der Waals surface area contributed by atoms with E-state index in [1.165, 1.54) is 21.9 Å². The van der Waals surface area contributed by atoms with Crippen LogP contribution in [0.25, 0.3) is 21.9 Å². The molecule has 0 aliphatic rings. The summed E-state index contributed by atoms with van der Waals surface area (Å²) in [5, 5.41) is 2.63. The van der Waals surface area contributed by atoms with E-state index in [1.807, 2.05) is 30.3 Å². The van der Waals surface area contributed by atoms with Crippen LogP contribution in [0.1, 0.15) is 0 Å². The van der Waals surface area contributed by atoms with Crippen LogP contribution in [-0.2, 0) is 17.1 Å². The molecular formula is C20H16Fe-6. The Morgan fingerprint density at radius 3 is 1.86 bits per heavy atom. The Bertz CT molecular complexity index is 727. The first-order valence-electron chi connectivity index (χ1n) is 6.82. The number of benzene rings is 2. The molecule has 0 saturated heterocycles. The summed E-state index contributed by atoms with van der Waals surface area (Å²) in [7, 11) is 0. The van der Waals surface area contributed by atoms with Crippen molar-refractivity contribution in [3.8, 4) is 11.1 Å². The molecule has 4 rings (SSSR count). The van der Waals surface area contributed by atoms with Gasteiger partial charge in [-0.2, -0.15) is 12.1 Å². The van der Waals surface area contributed by atoms with Gasteiger partial charge in [-0.15, -0.1) is 23.8 Å². The summed E-state index contributed by atoms with van der Waals surface area (Å²) in [5.41, 5.74) is 2.62. The van der Waals surface area contributed by atoms with Gasteiger partial charge in [0.15, 0.2) is 0 Å². The second-order valence-corrected chi connectivity index (χ2v) is 4.66. The second kappa shape index (κ2) is 7.64. The third-order valence-corrected chi connectivity index (χ3v) is 3.32. The zero-order valence-electron chi connectivity index (χ0n) is 11.6. The Balaban J connectivity index is 0.000000231. The molecule has 0 amide bonds. The summed E-state index contributed by atoms with van der Waals surface area (Å²) in [4.78, 5) is 0. The van der Waals surface area contributed by atoms with Gasteiger partial charge in [0.1, 0.15) is 0 Å². The average molecular weight is 312 g/mol. The van der Waals surface area contributed by atoms with E-state index in [2.05, 4.69) is 66.7 Å². The van der Waals surface area contributed by atoms with Crippen molar-refractivity contribution in [1.29, 1.82) is 0 Å². The summed E-state index contributed by atoms with van der Waals surface area (Å²) < 4.78 is 0. The van der Waals surface area contributed by atoms with E-state index in [1.54, 1.807) is 0 Å². The molecular weight excluding hydrogens is 296 g/mol. The maximum atomic E-state index is 2.18. The predicted octanol–water partition coefficient (Wildman–Crippen LogP) is 5.63. The third kappa shape index (κ3) is 3.72. The number of fused-ring (bicyclic) bond motifs is 1. The standard InChI is InChI=1S/C15H11.C5H5.Fe/c1-2-7-12(6-1)15-11-5-9-13-8-3-4-10-14(13)15;1-2-4-5-3-1;/h1-11H;1-5H;/q-1;-5;. The summed E-state index contributed by atoms with van der Waals surface area (Å²) >= 11 is 0. The van der Waals surface area contributed by atoms with Gasteiger partial charge in [-0.05, 0) is 0 Å². The van der Waals surface area contributed by atoms with Gasteiger partial charge in [-0.25, -0.2) is 0 Å². The Hall–Kier alpha value is -2.08. The van der Waals surface area contributed by atoms with Gasteiger partial charge in [-0.3, -0.25) is 0 Å². The van der Waals surface area contributed by atoms with E-state index in [4.69, 9.17) is 0 Å². The third-order valence-electron chi connectivity index (χ3n) is 3.32. The molecule has 4 aromatic carbocycles. The molecule has 0 saturated carbocycles. The summed E-state index contributed by atoms with van der Waals surface area (Å²) in [6.07, 6.45) is 0. The van der Waals surface area contributed by atoms with Crippen LogP contribution in [0.2, 0.25) is 0 Å². The van der Waals surface area contributed by atoms with Crippen molar-refractivity contribution < 1.29 is 17.1 Å². The SMILES string of the molecule is [Fe].[cH-]1[cH-][cH-][cH-][cH-]1.c1ccc2c(-[c-]3cccc3)cccc2c1. The van der Waals surface area contributed by atoms with Crippen LogP contribution >= 0.6 is 0 Å². The molecule has 0 atom stereocenters. The quantitative estimate of drug-likeness (QED) is 0.316. The minimum absolute atomic E-state index is 0. The summed E-state index contributed by atoms with van der Waals surface area (Å²) in [5.74, 6) is 0. The van der Waals surface area contributed by atoms with Crippen LogP contribution in [0.4, 0.5) is 0 Å². The van der Waals surface area contributed by atoms with Crippen molar-refractivity contribution in [2.24, 2.45) is 0 Å². The molecule has 0 unspecified atom stereocenters. The van der Waals surface area contributed by atoms with E-state index in [9.17, 15) is 0 Å². The first-order valence-corrected chi connectivity index (χ1v) is 6.82. The van der Waals surface area contributed by atoms with Gasteiger partial charge < -0.3 is 30.3 Å². The van der Waals surface area contributed by atoms with Crippen LogP contribution in [-0.4, -0.2) is 0 Å². The topological polar surface area (TPSA) is 0 Å². The van der Waals surface area contributed by atoms with E-state index in [-0.39, 0.29) is 17.1 Å². The van der Waals surface area contributed by atoms with Crippen LogP contribution < -0.4 is 0 Å². The smallest absolute Gasteiger partial charge is 0 e. The molecule has 0 N–H and O–H groups in total. The fourth-order valence-corrected chi connectivity index (χ4v) is 2.35. The van der Waals surface area contributed by atoms with Gasteiger partial charge >= 0.3 is 0 Å². The Kier molecular flexibility index (Phi) is 5.57. The van der Waals surface area contributed by atoms with Gasteiger partial charge in [0.05, 0.1) is 0 Å². The fraction of sp³-hybridized carbons (Fsp3) is 0. The zero-order chi connectivity index (χ0) is 13.6. The molecule has 21 heavy (non-hydrogen) atoms. The molecule has 110 valence electrons. The Labute approximate surface area is 136 Å². The van der Waals surface area contributed by atoms with Crippen LogP contribution in [0, 0.1) is 0 Å². The van der Waals surface area contributed by atoms with E-state index < -0.39 is 0 Å². The number of hydrogen-bond donors (Lipinski definition) is 0. The molecule has 0 radical (unpaired) electrons. The van der Waals surface area contributed by atoms with Gasteiger partial charge in [-0.1, -0.05) is 52.7 Å². The molecule has 0 aliphatic heterocycles. The average Bonchev–Trinajstić information content (AvgIpc) is 3.22. The van der Waals surface area contributed by atoms with Crippen LogP contribution in [0.5, 0.6) is 0 Å². The molecule has 0 nitrogen and oxygen atoms in total. The van der Waals surface area contributed by atoms with Gasteiger partial charge in [0.2, 0.25) is 0 Å². The maximum absolute atomic E-state index is 2.18. The zero-order valence-corrected chi connectivity index (χ0v) is 12.7. The van der Waals surface area contributed by atoms with Crippen molar-refractivity contribution >= 4 is 10.8 Å². The molecule has 1 heteroatoms. The normalized spacial score (nSPS) is 9.52. The van der Waals surface area contributed by atoms with E-state index >= 15 is 0 Å². The molecule has 0 heterocycles. The Morgan fingerprint density at radius 1 is 0.619 bits per heavy atom. The van der Waals surface area contributed by atoms with Crippen molar-refractivity contribution in [2.45, 2.75) is 0 Å². The van der Waals surface area contributed by atoms with Crippen molar-refractivity contribution in [3.63, 3.8) is 0 Å². The van der Waals surface area contributed by atoms with Crippen LogP contribution in [0.3, 0.4) is 0 Å². The first-order chi connectivity index (χ1) is 9.95. The monoisotopic (exact) mass is 312 g/mol. The largest absolute Gasteiger partial charge is 0.748 e. The Morgan fingerprint density at radius 2 is 1.19 bits per heavy atom. The van der Waals surface area contributed by atoms with Crippen molar-refractivity contribution in [1.82, 2.24) is 0 Å². The van der Waals surface area contributed by atoms with E-state index in [0.717, 1.165) is 0 Å². The van der Waals surface area contributed by atoms with Crippen LogP contribution in [0.15, 0.2) is 97.1 Å². The molecule has 4 aromatic rings. The fourth-order valence-electron chi connectivity index (χ4n) is 2.35. The number of rotatable bonds is 1.